The second-order valence-electron chi connectivity index (χ2n) is 8.75. The number of thiazole rings is 1. The molecule has 1 aliphatic rings. The summed E-state index contributed by atoms with van der Waals surface area (Å²) in [7, 11) is -3.63. The molecule has 0 aliphatic carbocycles. The molecule has 1 aliphatic heterocycles. The highest BCUT2D eigenvalue weighted by molar-refractivity contribution is 7.89. The van der Waals surface area contributed by atoms with Gasteiger partial charge in [-0.1, -0.05) is 25.2 Å². The molecule has 0 radical (unpaired) electrons. The third-order valence-corrected chi connectivity index (χ3v) is 8.85. The lowest BCUT2D eigenvalue weighted by molar-refractivity contribution is -0.384. The van der Waals surface area contributed by atoms with Crippen LogP contribution in [0.3, 0.4) is 0 Å². The van der Waals surface area contributed by atoms with E-state index in [2.05, 4.69) is 18.8 Å². The summed E-state index contributed by atoms with van der Waals surface area (Å²) in [5.41, 5.74) is 1.01. The van der Waals surface area contributed by atoms with E-state index in [1.807, 2.05) is 11.5 Å². The van der Waals surface area contributed by atoms with E-state index < -0.39 is 20.9 Å². The highest BCUT2D eigenvalue weighted by Gasteiger charge is 2.31. The van der Waals surface area contributed by atoms with Crippen molar-refractivity contribution in [3.63, 3.8) is 0 Å². The molecule has 11 heteroatoms. The molecule has 34 heavy (non-hydrogen) atoms. The molecule has 4 rings (SSSR count). The minimum atomic E-state index is -3.63. The van der Waals surface area contributed by atoms with Gasteiger partial charge in [-0.2, -0.15) is 9.30 Å². The number of nitro benzene ring substituents is 1. The number of sulfonamides is 1. The number of rotatable bonds is 5. The smallest absolute Gasteiger partial charge is 0.279 e. The van der Waals surface area contributed by atoms with Crippen LogP contribution in [0.2, 0.25) is 0 Å². The third-order valence-electron chi connectivity index (χ3n) is 5.96. The van der Waals surface area contributed by atoms with E-state index in [0.29, 0.717) is 41.0 Å². The molecule has 1 fully saturated rings. The van der Waals surface area contributed by atoms with Gasteiger partial charge in [0.1, 0.15) is 0 Å². The zero-order valence-corrected chi connectivity index (χ0v) is 20.8. The topological polar surface area (TPSA) is 115 Å². The fourth-order valence-corrected chi connectivity index (χ4v) is 7.24. The van der Waals surface area contributed by atoms with Crippen molar-refractivity contribution in [2.45, 2.75) is 38.6 Å². The van der Waals surface area contributed by atoms with Crippen LogP contribution in [0.1, 0.15) is 37.6 Å². The molecular formula is C23H26N4O5S2. The number of piperidine rings is 1. The van der Waals surface area contributed by atoms with Crippen LogP contribution in [0.4, 0.5) is 5.69 Å². The fraction of sp³-hybridized carbons (Fsp3) is 0.391. The summed E-state index contributed by atoms with van der Waals surface area (Å²) in [6, 6.07) is 10.4. The number of hydrogen-bond acceptors (Lipinski definition) is 6. The molecule has 0 spiro atoms. The van der Waals surface area contributed by atoms with Gasteiger partial charge in [0, 0.05) is 37.3 Å². The Kier molecular flexibility index (Phi) is 6.70. The Labute approximate surface area is 201 Å². The summed E-state index contributed by atoms with van der Waals surface area (Å²) >= 11 is 1.20. The van der Waals surface area contributed by atoms with Crippen LogP contribution in [-0.2, 0) is 16.6 Å². The molecule has 1 amide bonds. The van der Waals surface area contributed by atoms with E-state index in [0.717, 1.165) is 11.9 Å². The van der Waals surface area contributed by atoms with Gasteiger partial charge in [-0.3, -0.25) is 14.9 Å². The molecule has 1 aromatic heterocycles. The number of aryl methyl sites for hydroxylation is 1. The number of carbonyl (C=O) groups excluding carboxylic acids is 1. The first-order chi connectivity index (χ1) is 16.1. The standard InChI is InChI=1S/C23H26N4O5S2/c1-4-26-20-10-7-18(27(29)30)12-21(20)33-23(26)24-22(28)17-5-8-19(9-6-17)34(31,32)25-13-15(2)11-16(3)14-25/h5-10,12,15-16H,4,11,13-14H2,1-3H3. The summed E-state index contributed by atoms with van der Waals surface area (Å²) in [6.07, 6.45) is 1.00. The Balaban J connectivity index is 1.63. The first-order valence-corrected chi connectivity index (χ1v) is 13.3. The van der Waals surface area contributed by atoms with Gasteiger partial charge in [0.15, 0.2) is 4.80 Å². The van der Waals surface area contributed by atoms with Crippen molar-refractivity contribution >= 4 is 43.2 Å². The van der Waals surface area contributed by atoms with Crippen LogP contribution in [0.15, 0.2) is 52.4 Å². The summed E-state index contributed by atoms with van der Waals surface area (Å²) in [5.74, 6) is 0.0878. The van der Waals surface area contributed by atoms with Crippen LogP contribution in [0.5, 0.6) is 0 Å². The van der Waals surface area contributed by atoms with Crippen molar-refractivity contribution in [1.82, 2.24) is 8.87 Å². The van der Waals surface area contributed by atoms with Crippen molar-refractivity contribution in [1.29, 1.82) is 0 Å². The molecule has 2 heterocycles. The minimum Gasteiger partial charge on any atom is -0.317 e. The number of fused-ring (bicyclic) bond motifs is 1. The Bertz CT molecular complexity index is 1410. The van der Waals surface area contributed by atoms with Gasteiger partial charge in [0.05, 0.1) is 20.0 Å². The summed E-state index contributed by atoms with van der Waals surface area (Å²) in [4.78, 5) is 28.3. The number of hydrogen-bond donors (Lipinski definition) is 0. The maximum absolute atomic E-state index is 13.1. The molecule has 3 aromatic rings. The number of nitrogens with zero attached hydrogens (tertiary/aromatic N) is 4. The van der Waals surface area contributed by atoms with Crippen LogP contribution < -0.4 is 4.80 Å². The van der Waals surface area contributed by atoms with E-state index in [9.17, 15) is 23.3 Å². The zero-order chi connectivity index (χ0) is 24.6. The number of carbonyl (C=O) groups is 1. The highest BCUT2D eigenvalue weighted by atomic mass is 32.2. The van der Waals surface area contributed by atoms with Crippen LogP contribution in [0, 0.1) is 22.0 Å². The Morgan fingerprint density at radius 3 is 2.38 bits per heavy atom. The van der Waals surface area contributed by atoms with Crippen molar-refractivity contribution in [3.05, 3.63) is 62.9 Å². The predicted octanol–water partition coefficient (Wildman–Crippen LogP) is 4.04. The van der Waals surface area contributed by atoms with Gasteiger partial charge in [-0.05, 0) is 55.5 Å². The number of amides is 1. The quantitative estimate of drug-likeness (QED) is 0.386. The van der Waals surface area contributed by atoms with Crippen molar-refractivity contribution in [3.8, 4) is 0 Å². The van der Waals surface area contributed by atoms with Gasteiger partial charge >= 0.3 is 0 Å². The first kappa shape index (κ1) is 24.2. The van der Waals surface area contributed by atoms with Crippen molar-refractivity contribution in [2.75, 3.05) is 13.1 Å². The van der Waals surface area contributed by atoms with Crippen LogP contribution >= 0.6 is 11.3 Å². The van der Waals surface area contributed by atoms with Crippen molar-refractivity contribution < 1.29 is 18.1 Å². The van der Waals surface area contributed by atoms with E-state index in [1.165, 1.54) is 52.0 Å². The second kappa shape index (κ2) is 9.40. The lowest BCUT2D eigenvalue weighted by Crippen LogP contribution is -2.42. The molecule has 180 valence electrons. The SMILES string of the molecule is CCn1c(=NC(=O)c2ccc(S(=O)(=O)N3CC(C)CC(C)C3)cc2)sc2cc([N+](=O)[O-])ccc21. The molecule has 0 bridgehead atoms. The molecular weight excluding hydrogens is 476 g/mol. The average Bonchev–Trinajstić information content (AvgIpc) is 3.14. The highest BCUT2D eigenvalue weighted by Crippen LogP contribution is 2.27. The van der Waals surface area contributed by atoms with E-state index in [-0.39, 0.29) is 16.1 Å². The normalized spacial score (nSPS) is 20.0. The van der Waals surface area contributed by atoms with Crippen molar-refractivity contribution in [2.24, 2.45) is 16.8 Å². The lowest BCUT2D eigenvalue weighted by atomic mass is 9.94. The summed E-state index contributed by atoms with van der Waals surface area (Å²) < 4.78 is 30.2. The first-order valence-electron chi connectivity index (χ1n) is 11.1. The Hall–Kier alpha value is -2.89. The summed E-state index contributed by atoms with van der Waals surface area (Å²) in [6.45, 7) is 7.52. The largest absolute Gasteiger partial charge is 0.317 e. The molecule has 2 atom stereocenters. The Morgan fingerprint density at radius 1 is 1.15 bits per heavy atom. The van der Waals surface area contributed by atoms with Crippen LogP contribution in [0.25, 0.3) is 10.2 Å². The molecule has 0 N–H and O–H groups in total. The third kappa shape index (κ3) is 4.68. The molecule has 1 saturated heterocycles. The van der Waals surface area contributed by atoms with Gasteiger partial charge in [-0.15, -0.1) is 0 Å². The van der Waals surface area contributed by atoms with E-state index in [1.54, 1.807) is 6.07 Å². The number of nitro groups is 1. The molecule has 2 aromatic carbocycles. The number of benzene rings is 2. The monoisotopic (exact) mass is 502 g/mol. The zero-order valence-electron chi connectivity index (χ0n) is 19.2. The fourth-order valence-electron chi connectivity index (χ4n) is 4.44. The van der Waals surface area contributed by atoms with Gasteiger partial charge in [-0.25, -0.2) is 8.42 Å². The van der Waals surface area contributed by atoms with E-state index >= 15 is 0 Å². The minimum absolute atomic E-state index is 0.0239. The number of non-ortho nitro benzene ring substituents is 1. The maximum atomic E-state index is 13.1. The van der Waals surface area contributed by atoms with Gasteiger partial charge < -0.3 is 4.57 Å². The second-order valence-corrected chi connectivity index (χ2v) is 11.7. The van der Waals surface area contributed by atoms with Crippen LogP contribution in [-0.4, -0.2) is 41.2 Å². The van der Waals surface area contributed by atoms with Gasteiger partial charge in [0.25, 0.3) is 11.6 Å². The number of aromatic nitrogens is 1. The van der Waals surface area contributed by atoms with E-state index in [4.69, 9.17) is 0 Å². The molecule has 0 saturated carbocycles. The molecule has 2 unspecified atom stereocenters. The van der Waals surface area contributed by atoms with Gasteiger partial charge in [0.2, 0.25) is 10.0 Å². The molecule has 9 nitrogen and oxygen atoms in total. The summed E-state index contributed by atoms with van der Waals surface area (Å²) in [5, 5.41) is 11.1. The predicted molar refractivity (Wildman–Crippen MR) is 130 cm³/mol. The average molecular weight is 503 g/mol. The Morgan fingerprint density at radius 2 is 1.79 bits per heavy atom. The lowest BCUT2D eigenvalue weighted by Gasteiger charge is -2.34. The maximum Gasteiger partial charge on any atom is 0.279 e.